The first-order chi connectivity index (χ1) is 7.86. The Bertz CT molecular complexity index is 418. The van der Waals surface area contributed by atoms with E-state index in [0.29, 0.717) is 12.5 Å². The second-order valence-corrected chi connectivity index (χ2v) is 4.58. The van der Waals surface area contributed by atoms with Crippen LogP contribution in [0.25, 0.3) is 0 Å². The molecule has 1 aromatic heterocycles. The topological polar surface area (TPSA) is 29.0 Å². The highest BCUT2D eigenvalue weighted by atomic mass is 35.5. The molecule has 0 N–H and O–H groups in total. The highest BCUT2D eigenvalue weighted by Gasteiger charge is 2.36. The lowest BCUT2D eigenvalue weighted by Crippen LogP contribution is -2.23. The Morgan fingerprint density at radius 1 is 1.41 bits per heavy atom. The fourth-order valence-corrected chi connectivity index (χ4v) is 1.69. The quantitative estimate of drug-likeness (QED) is 0.787. The van der Waals surface area contributed by atoms with Gasteiger partial charge in [0.25, 0.3) is 0 Å². The van der Waals surface area contributed by atoms with Crippen molar-refractivity contribution in [1.29, 1.82) is 0 Å². The summed E-state index contributed by atoms with van der Waals surface area (Å²) < 4.78 is 37.5. The third kappa shape index (κ3) is 3.21. The molecule has 0 unspecified atom stereocenters. The van der Waals surface area contributed by atoms with E-state index in [4.69, 9.17) is 11.6 Å². The number of alkyl halides is 3. The van der Waals surface area contributed by atoms with Crippen LogP contribution < -0.4 is 4.90 Å². The maximum absolute atomic E-state index is 12.5. The third-order valence-corrected chi connectivity index (χ3v) is 2.75. The largest absolute Gasteiger partial charge is 0.451 e. The van der Waals surface area contributed by atoms with Gasteiger partial charge in [0.05, 0.1) is 0 Å². The molecule has 1 heterocycles. The molecule has 0 aromatic carbocycles. The van der Waals surface area contributed by atoms with E-state index in [9.17, 15) is 13.2 Å². The Kier molecular flexibility index (Phi) is 3.16. The monoisotopic (exact) mass is 265 g/mol. The van der Waals surface area contributed by atoms with E-state index in [2.05, 4.69) is 9.97 Å². The lowest BCUT2D eigenvalue weighted by atomic mass is 10.4. The summed E-state index contributed by atoms with van der Waals surface area (Å²) in [6, 6.07) is 1.35. The Hall–Kier alpha value is -1.04. The van der Waals surface area contributed by atoms with Crippen molar-refractivity contribution in [3.05, 3.63) is 17.0 Å². The summed E-state index contributed by atoms with van der Waals surface area (Å²) in [6.45, 7) is 0.699. The van der Waals surface area contributed by atoms with E-state index in [1.54, 1.807) is 11.9 Å². The van der Waals surface area contributed by atoms with Gasteiger partial charge in [-0.15, -0.1) is 0 Å². The zero-order chi connectivity index (χ0) is 12.6. The zero-order valence-electron chi connectivity index (χ0n) is 9.13. The Labute approximate surface area is 102 Å². The van der Waals surface area contributed by atoms with Crippen LogP contribution in [0.1, 0.15) is 18.7 Å². The first-order valence-corrected chi connectivity index (χ1v) is 5.57. The van der Waals surface area contributed by atoms with E-state index < -0.39 is 12.0 Å². The molecule has 1 aliphatic carbocycles. The second-order valence-electron chi connectivity index (χ2n) is 4.19. The first-order valence-electron chi connectivity index (χ1n) is 5.19. The van der Waals surface area contributed by atoms with Crippen molar-refractivity contribution in [1.82, 2.24) is 9.97 Å². The summed E-state index contributed by atoms with van der Waals surface area (Å²) >= 11 is 5.57. The minimum atomic E-state index is -4.57. The van der Waals surface area contributed by atoms with Gasteiger partial charge in [0, 0.05) is 19.7 Å². The highest BCUT2D eigenvalue weighted by Crippen LogP contribution is 2.32. The van der Waals surface area contributed by atoms with Crippen molar-refractivity contribution in [3.8, 4) is 0 Å². The molecule has 2 rings (SSSR count). The van der Waals surface area contributed by atoms with Crippen LogP contribution in [0.3, 0.4) is 0 Å². The SMILES string of the molecule is CN(CC1CC1)c1cc(Cl)nc(C(F)(F)F)n1. The van der Waals surface area contributed by atoms with Crippen LogP contribution in [-0.2, 0) is 6.18 Å². The van der Waals surface area contributed by atoms with E-state index in [0.717, 1.165) is 12.8 Å². The predicted molar refractivity (Wildman–Crippen MR) is 58.0 cm³/mol. The minimum Gasteiger partial charge on any atom is -0.359 e. The summed E-state index contributed by atoms with van der Waals surface area (Å²) in [5, 5.41) is -0.190. The average molecular weight is 266 g/mol. The molecule has 1 aromatic rings. The Morgan fingerprint density at radius 2 is 2.06 bits per heavy atom. The van der Waals surface area contributed by atoms with Gasteiger partial charge in [-0.05, 0) is 18.8 Å². The minimum absolute atomic E-state index is 0.190. The molecule has 0 aliphatic heterocycles. The molecule has 1 aliphatic rings. The average Bonchev–Trinajstić information content (AvgIpc) is 2.99. The number of hydrogen-bond donors (Lipinski definition) is 0. The van der Waals surface area contributed by atoms with Gasteiger partial charge in [0.1, 0.15) is 11.0 Å². The zero-order valence-corrected chi connectivity index (χ0v) is 9.89. The second kappa shape index (κ2) is 4.33. The maximum atomic E-state index is 12.5. The molecule has 0 spiro atoms. The number of hydrogen-bond acceptors (Lipinski definition) is 3. The molecule has 0 radical (unpaired) electrons. The summed E-state index contributed by atoms with van der Waals surface area (Å²) in [4.78, 5) is 8.36. The Balaban J connectivity index is 2.23. The molecule has 3 nitrogen and oxygen atoms in total. The van der Waals surface area contributed by atoms with Gasteiger partial charge in [-0.25, -0.2) is 9.97 Å². The van der Waals surface area contributed by atoms with Gasteiger partial charge in [-0.2, -0.15) is 13.2 Å². The van der Waals surface area contributed by atoms with Crippen molar-refractivity contribution < 1.29 is 13.2 Å². The molecule has 17 heavy (non-hydrogen) atoms. The lowest BCUT2D eigenvalue weighted by molar-refractivity contribution is -0.144. The number of rotatable bonds is 3. The number of nitrogens with zero attached hydrogens (tertiary/aromatic N) is 3. The van der Waals surface area contributed by atoms with Gasteiger partial charge < -0.3 is 4.90 Å². The van der Waals surface area contributed by atoms with E-state index in [-0.39, 0.29) is 11.0 Å². The third-order valence-electron chi connectivity index (χ3n) is 2.55. The van der Waals surface area contributed by atoms with Gasteiger partial charge in [0.2, 0.25) is 5.82 Å². The first kappa shape index (κ1) is 12.4. The molecule has 7 heteroatoms. The van der Waals surface area contributed by atoms with Crippen LogP contribution >= 0.6 is 11.6 Å². The molecule has 0 atom stereocenters. The van der Waals surface area contributed by atoms with Gasteiger partial charge in [-0.3, -0.25) is 0 Å². The van der Waals surface area contributed by atoms with Crippen LogP contribution in [0.2, 0.25) is 5.15 Å². The predicted octanol–water partition coefficient (Wildman–Crippen LogP) is 3.00. The van der Waals surface area contributed by atoms with Crippen molar-refractivity contribution in [2.24, 2.45) is 5.92 Å². The Morgan fingerprint density at radius 3 is 2.59 bits per heavy atom. The van der Waals surface area contributed by atoms with Gasteiger partial charge in [-0.1, -0.05) is 11.6 Å². The number of aromatic nitrogens is 2. The summed E-state index contributed by atoms with van der Waals surface area (Å²) in [5.74, 6) is -0.421. The van der Waals surface area contributed by atoms with Crippen molar-refractivity contribution in [3.63, 3.8) is 0 Å². The van der Waals surface area contributed by atoms with Gasteiger partial charge in [0.15, 0.2) is 0 Å². The van der Waals surface area contributed by atoms with Crippen LogP contribution in [0.5, 0.6) is 0 Å². The van der Waals surface area contributed by atoms with Gasteiger partial charge >= 0.3 is 6.18 Å². The molecule has 94 valence electrons. The maximum Gasteiger partial charge on any atom is 0.451 e. The molecule has 1 fully saturated rings. The molecule has 0 amide bonds. The highest BCUT2D eigenvalue weighted by molar-refractivity contribution is 6.29. The van der Waals surface area contributed by atoms with Crippen LogP contribution in [0.4, 0.5) is 19.0 Å². The van der Waals surface area contributed by atoms with Crippen molar-refractivity contribution >= 4 is 17.4 Å². The fourth-order valence-electron chi connectivity index (χ4n) is 1.51. The van der Waals surface area contributed by atoms with Crippen LogP contribution in [0.15, 0.2) is 6.07 Å². The molecule has 1 saturated carbocycles. The van der Waals surface area contributed by atoms with E-state index in [1.165, 1.54) is 6.07 Å². The van der Waals surface area contributed by atoms with E-state index >= 15 is 0 Å². The molecular formula is C10H11ClF3N3. The summed E-state index contributed by atoms with van der Waals surface area (Å²) in [5.41, 5.74) is 0. The lowest BCUT2D eigenvalue weighted by Gasteiger charge is -2.18. The fraction of sp³-hybridized carbons (Fsp3) is 0.600. The standard InChI is InChI=1S/C10H11ClF3N3/c1-17(5-6-2-3-6)8-4-7(11)15-9(16-8)10(12,13)14/h4,6H,2-3,5H2,1H3. The number of anilines is 1. The van der Waals surface area contributed by atoms with Crippen molar-refractivity contribution in [2.45, 2.75) is 19.0 Å². The number of halogens is 4. The molecule has 0 bridgehead atoms. The molecular weight excluding hydrogens is 255 g/mol. The van der Waals surface area contributed by atoms with Crippen LogP contribution in [0, 0.1) is 5.92 Å². The van der Waals surface area contributed by atoms with E-state index in [1.807, 2.05) is 0 Å². The van der Waals surface area contributed by atoms with Crippen LogP contribution in [-0.4, -0.2) is 23.6 Å². The summed E-state index contributed by atoms with van der Waals surface area (Å²) in [6.07, 6.45) is -2.33. The normalized spacial score (nSPS) is 16.1. The smallest absolute Gasteiger partial charge is 0.359 e. The summed E-state index contributed by atoms with van der Waals surface area (Å²) in [7, 11) is 1.71. The van der Waals surface area contributed by atoms with Crippen molar-refractivity contribution in [2.75, 3.05) is 18.5 Å². The molecule has 0 saturated heterocycles.